The number of nitrogens with two attached hydrogens (primary N) is 1. The van der Waals surface area contributed by atoms with Crippen LogP contribution in [0.4, 0.5) is 0 Å². The molecule has 0 bridgehead atoms. The molecular formula is C7H12ClN3O2. The predicted molar refractivity (Wildman–Crippen MR) is 49.9 cm³/mol. The summed E-state index contributed by atoms with van der Waals surface area (Å²) in [5.41, 5.74) is 6.14. The quantitative estimate of drug-likeness (QED) is 0.664. The summed E-state index contributed by atoms with van der Waals surface area (Å²) in [4.78, 5) is 17.1. The summed E-state index contributed by atoms with van der Waals surface area (Å²) in [5.74, 6) is -1.25. The number of hydrogen-bond donors (Lipinski definition) is 3. The van der Waals surface area contributed by atoms with E-state index >= 15 is 0 Å². The first-order valence-electron chi connectivity index (χ1n) is 3.59. The van der Waals surface area contributed by atoms with Crippen LogP contribution in [0.1, 0.15) is 18.5 Å². The van der Waals surface area contributed by atoms with E-state index in [1.54, 1.807) is 13.1 Å². The van der Waals surface area contributed by atoms with E-state index in [0.717, 1.165) is 5.69 Å². The van der Waals surface area contributed by atoms with Crippen LogP contribution in [0.15, 0.2) is 12.5 Å². The lowest BCUT2D eigenvalue weighted by molar-refractivity contribution is -0.139. The first kappa shape index (κ1) is 11.9. The van der Waals surface area contributed by atoms with E-state index in [1.807, 2.05) is 0 Å². The van der Waals surface area contributed by atoms with Gasteiger partial charge in [0.2, 0.25) is 0 Å². The molecule has 5 nitrogen and oxygen atoms in total. The van der Waals surface area contributed by atoms with Crippen molar-refractivity contribution in [3.8, 4) is 0 Å². The third-order valence-corrected chi connectivity index (χ3v) is 1.83. The molecule has 13 heavy (non-hydrogen) atoms. The Morgan fingerprint density at radius 1 is 1.77 bits per heavy atom. The summed E-state index contributed by atoms with van der Waals surface area (Å²) in [7, 11) is 0. The molecule has 1 heterocycles. The Labute approximate surface area is 81.8 Å². The fraction of sp³-hybridized carbons (Fsp3) is 0.429. The van der Waals surface area contributed by atoms with E-state index in [2.05, 4.69) is 9.97 Å². The number of carboxylic acid groups (broad SMARTS) is 1. The van der Waals surface area contributed by atoms with Gasteiger partial charge in [0.05, 0.1) is 6.33 Å². The van der Waals surface area contributed by atoms with Gasteiger partial charge in [-0.25, -0.2) is 4.98 Å². The van der Waals surface area contributed by atoms with Gasteiger partial charge >= 0.3 is 5.97 Å². The number of carbonyl (C=O) groups is 1. The number of aliphatic carboxylic acids is 1. The second kappa shape index (κ2) is 4.84. The van der Waals surface area contributed by atoms with Crippen molar-refractivity contribution in [3.05, 3.63) is 18.2 Å². The number of H-pyrrole nitrogens is 1. The summed E-state index contributed by atoms with van der Waals surface area (Å²) in [6, 6.07) is -0.884. The van der Waals surface area contributed by atoms with E-state index in [-0.39, 0.29) is 18.3 Å². The van der Waals surface area contributed by atoms with Crippen LogP contribution >= 0.6 is 12.4 Å². The molecule has 6 heteroatoms. The number of aromatic nitrogens is 2. The van der Waals surface area contributed by atoms with Gasteiger partial charge in [0, 0.05) is 17.8 Å². The smallest absolute Gasteiger partial charge is 0.321 e. The third kappa shape index (κ3) is 2.71. The van der Waals surface area contributed by atoms with E-state index < -0.39 is 12.0 Å². The second-order valence-electron chi connectivity index (χ2n) is 2.66. The van der Waals surface area contributed by atoms with Gasteiger partial charge in [0.25, 0.3) is 0 Å². The molecule has 0 aliphatic rings. The van der Waals surface area contributed by atoms with Gasteiger partial charge in [-0.15, -0.1) is 12.4 Å². The van der Waals surface area contributed by atoms with E-state index in [4.69, 9.17) is 10.8 Å². The summed E-state index contributed by atoms with van der Waals surface area (Å²) in [6.45, 7) is 1.74. The number of rotatable bonds is 3. The van der Waals surface area contributed by atoms with Crippen molar-refractivity contribution in [1.82, 2.24) is 9.97 Å². The Kier molecular flexibility index (Phi) is 4.44. The molecule has 74 valence electrons. The highest BCUT2D eigenvalue weighted by Crippen LogP contribution is 2.14. The molecule has 0 saturated carbocycles. The van der Waals surface area contributed by atoms with Crippen molar-refractivity contribution < 1.29 is 9.90 Å². The Balaban J connectivity index is 0.00000144. The average Bonchev–Trinajstić information content (AvgIpc) is 2.53. The van der Waals surface area contributed by atoms with Crippen LogP contribution in [0.2, 0.25) is 0 Å². The van der Waals surface area contributed by atoms with Gasteiger partial charge in [-0.05, 0) is 0 Å². The highest BCUT2D eigenvalue weighted by Gasteiger charge is 2.22. The lowest BCUT2D eigenvalue weighted by atomic mass is 10.0. The fourth-order valence-corrected chi connectivity index (χ4v) is 0.923. The number of imidazole rings is 1. The standard InChI is InChI=1S/C7H11N3O2.ClH/c1-4(6(8)7(11)12)5-2-9-3-10-5;/h2-4,6H,8H2,1H3,(H,9,10)(H,11,12);1H/t4-,6+;/m0./s1. The first-order valence-corrected chi connectivity index (χ1v) is 3.59. The topological polar surface area (TPSA) is 92.0 Å². The molecule has 0 unspecified atom stereocenters. The first-order chi connectivity index (χ1) is 5.63. The van der Waals surface area contributed by atoms with E-state index in [1.165, 1.54) is 6.33 Å². The zero-order valence-electron chi connectivity index (χ0n) is 7.10. The summed E-state index contributed by atoms with van der Waals surface area (Å²) >= 11 is 0. The predicted octanol–water partition coefficient (Wildman–Crippen LogP) is 0.347. The van der Waals surface area contributed by atoms with Gasteiger partial charge < -0.3 is 15.8 Å². The van der Waals surface area contributed by atoms with Crippen molar-refractivity contribution in [2.45, 2.75) is 18.9 Å². The van der Waals surface area contributed by atoms with Gasteiger partial charge in [-0.3, -0.25) is 4.79 Å². The largest absolute Gasteiger partial charge is 0.480 e. The molecule has 1 rings (SSSR count). The van der Waals surface area contributed by atoms with Crippen LogP contribution in [0.3, 0.4) is 0 Å². The Hall–Kier alpha value is -1.07. The second-order valence-corrected chi connectivity index (χ2v) is 2.66. The lowest BCUT2D eigenvalue weighted by Gasteiger charge is -2.13. The number of nitrogens with one attached hydrogen (secondary N) is 1. The molecule has 0 radical (unpaired) electrons. The maximum absolute atomic E-state index is 10.5. The molecule has 1 aromatic heterocycles. The zero-order valence-corrected chi connectivity index (χ0v) is 7.91. The molecular weight excluding hydrogens is 194 g/mol. The number of aromatic amines is 1. The molecule has 0 aromatic carbocycles. The number of carboxylic acids is 1. The van der Waals surface area contributed by atoms with Crippen LogP contribution in [0.25, 0.3) is 0 Å². The lowest BCUT2D eigenvalue weighted by Crippen LogP contribution is -2.35. The molecule has 4 N–H and O–H groups in total. The Morgan fingerprint density at radius 2 is 2.38 bits per heavy atom. The minimum absolute atomic E-state index is 0. The minimum atomic E-state index is -1.00. The van der Waals surface area contributed by atoms with Crippen molar-refractivity contribution in [2.75, 3.05) is 0 Å². The third-order valence-electron chi connectivity index (χ3n) is 1.83. The Bertz CT molecular complexity index is 263. The van der Waals surface area contributed by atoms with Crippen LogP contribution in [0.5, 0.6) is 0 Å². The zero-order chi connectivity index (χ0) is 9.14. The number of halogens is 1. The number of hydrogen-bond acceptors (Lipinski definition) is 3. The Morgan fingerprint density at radius 3 is 2.77 bits per heavy atom. The molecule has 0 aliphatic heterocycles. The maximum Gasteiger partial charge on any atom is 0.321 e. The molecule has 0 amide bonds. The summed E-state index contributed by atoms with van der Waals surface area (Å²) in [6.07, 6.45) is 3.08. The van der Waals surface area contributed by atoms with Crippen molar-refractivity contribution in [1.29, 1.82) is 0 Å². The van der Waals surface area contributed by atoms with Crippen LogP contribution in [-0.2, 0) is 4.79 Å². The monoisotopic (exact) mass is 205 g/mol. The molecule has 0 aliphatic carbocycles. The van der Waals surface area contributed by atoms with Crippen LogP contribution < -0.4 is 5.73 Å². The van der Waals surface area contributed by atoms with E-state index in [9.17, 15) is 4.79 Å². The van der Waals surface area contributed by atoms with E-state index in [0.29, 0.717) is 0 Å². The molecule has 0 fully saturated rings. The van der Waals surface area contributed by atoms with Crippen molar-refractivity contribution in [3.63, 3.8) is 0 Å². The van der Waals surface area contributed by atoms with Gasteiger partial charge in [-0.1, -0.05) is 6.92 Å². The summed E-state index contributed by atoms with van der Waals surface area (Å²) < 4.78 is 0. The molecule has 1 aromatic rings. The van der Waals surface area contributed by atoms with Gasteiger partial charge in [-0.2, -0.15) is 0 Å². The van der Waals surface area contributed by atoms with Crippen LogP contribution in [0, 0.1) is 0 Å². The number of nitrogens with zero attached hydrogens (tertiary/aromatic N) is 1. The summed E-state index contributed by atoms with van der Waals surface area (Å²) in [5, 5.41) is 8.59. The average molecular weight is 206 g/mol. The van der Waals surface area contributed by atoms with Gasteiger partial charge in [0.1, 0.15) is 6.04 Å². The molecule has 2 atom stereocenters. The van der Waals surface area contributed by atoms with Crippen LogP contribution in [-0.4, -0.2) is 27.1 Å². The SMILES string of the molecule is C[C@@H](c1cnc[nH]1)[C@@H](N)C(=O)O.Cl. The highest BCUT2D eigenvalue weighted by molar-refractivity contribution is 5.85. The minimum Gasteiger partial charge on any atom is -0.480 e. The molecule has 0 spiro atoms. The fourth-order valence-electron chi connectivity index (χ4n) is 0.923. The van der Waals surface area contributed by atoms with Crippen molar-refractivity contribution in [2.24, 2.45) is 5.73 Å². The highest BCUT2D eigenvalue weighted by atomic mass is 35.5. The van der Waals surface area contributed by atoms with Crippen molar-refractivity contribution >= 4 is 18.4 Å². The molecule has 0 saturated heterocycles. The normalized spacial score (nSPS) is 14.3. The van der Waals surface area contributed by atoms with Gasteiger partial charge in [0.15, 0.2) is 0 Å². The maximum atomic E-state index is 10.5.